The van der Waals surface area contributed by atoms with Crippen LogP contribution in [0.4, 0.5) is 0 Å². The van der Waals surface area contributed by atoms with Gasteiger partial charge in [0, 0.05) is 172 Å². The van der Waals surface area contributed by atoms with E-state index in [1.165, 1.54) is 13.8 Å². The Hall–Kier alpha value is -10.2. The van der Waals surface area contributed by atoms with Gasteiger partial charge in [0.1, 0.15) is 48.3 Å². The van der Waals surface area contributed by atoms with E-state index in [2.05, 4.69) is 105 Å². The van der Waals surface area contributed by atoms with Crippen LogP contribution in [0.2, 0.25) is 0 Å². The lowest BCUT2D eigenvalue weighted by atomic mass is 10.1. The molecule has 4 heterocycles. The Balaban J connectivity index is 1.33. The van der Waals surface area contributed by atoms with E-state index in [-0.39, 0.29) is 300 Å². The average Bonchev–Trinajstić information content (AvgIpc) is 1.70. The van der Waals surface area contributed by atoms with E-state index < -0.39 is 176 Å². The summed E-state index contributed by atoms with van der Waals surface area (Å²) in [6.07, 6.45) is 0.928. The molecule has 51 nitrogen and oxygen atoms in total. The molecule has 4 fully saturated rings. The molecule has 4 aliphatic heterocycles. The summed E-state index contributed by atoms with van der Waals surface area (Å²) in [5, 5.41) is 36.8. The van der Waals surface area contributed by atoms with Crippen molar-refractivity contribution in [2.75, 3.05) is 200 Å². The number of carbonyl (C=O) groups excluding carboxylic acids is 23. The van der Waals surface area contributed by atoms with Gasteiger partial charge in [-0.25, -0.2) is 0 Å². The molecular weight excluding hydrogens is 1990 g/mol. The Kier molecular flexibility index (Phi) is 64.7. The molecule has 4 bridgehead atoms. The number of nitrogens with one attached hydrogen (secondary N) is 15. The minimum Gasteiger partial charge on any atom is -0.379 e. The minimum absolute atomic E-state index is 0.00103. The fraction of sp³-hybridized carbons (Fsp3) is 0.739. The number of ether oxygens (including phenoxy) is 8. The summed E-state index contributed by atoms with van der Waals surface area (Å²) in [7, 11) is 0. The third-order valence-corrected chi connectivity index (χ3v) is 26.4. The molecule has 0 radical (unpaired) electrons. The Morgan fingerprint density at radius 3 is 1.15 bits per heavy atom. The van der Waals surface area contributed by atoms with Gasteiger partial charge in [0.2, 0.25) is 136 Å². The van der Waals surface area contributed by atoms with Crippen molar-refractivity contribution in [1.29, 1.82) is 0 Å². The lowest BCUT2D eigenvalue weighted by molar-refractivity contribution is -0.140. The molecule has 19 N–H and O–H groups in total. The maximum atomic E-state index is 13.8. The number of primary amides is 2. The summed E-state index contributed by atoms with van der Waals surface area (Å²) in [5.41, 5.74) is 11.3. The van der Waals surface area contributed by atoms with Gasteiger partial charge < -0.3 is 129 Å². The molecule has 4 rings (SSSR count). The number of rotatable bonds is 20. The molecule has 0 spiro atoms. The van der Waals surface area contributed by atoms with E-state index in [0.717, 1.165) is 50.0 Å². The smallest absolute Gasteiger partial charge is 0.243 e. The first-order chi connectivity index (χ1) is 69.0. The highest BCUT2D eigenvalue weighted by atomic mass is 32.2. The molecule has 23 amide bonds. The average molecular weight is 2140 g/mol. The zero-order chi connectivity index (χ0) is 106. The largest absolute Gasteiger partial charge is 0.379 e. The van der Waals surface area contributed by atoms with Crippen molar-refractivity contribution in [3.8, 4) is 0 Å². The topological polar surface area (TPSA) is 709 Å². The van der Waals surface area contributed by atoms with E-state index in [1.807, 2.05) is 0 Å². The lowest BCUT2D eigenvalue weighted by Crippen LogP contribution is -2.54. The van der Waals surface area contributed by atoms with Crippen LogP contribution >= 0.6 is 60.5 Å². The first-order valence-electron chi connectivity index (χ1n) is 48.0. The van der Waals surface area contributed by atoms with E-state index in [0.29, 0.717) is 45.1 Å². The zero-order valence-electron chi connectivity index (χ0n) is 82.0. The van der Waals surface area contributed by atoms with Crippen molar-refractivity contribution in [1.82, 2.24) is 94.5 Å². The highest BCUT2D eigenvalue weighted by molar-refractivity contribution is 8.01. The second kappa shape index (κ2) is 73.8. The third-order valence-electron chi connectivity index (χ3n) is 21.7. The van der Waals surface area contributed by atoms with Crippen LogP contribution in [0.15, 0.2) is 0 Å². The molecule has 0 aromatic heterocycles. The van der Waals surface area contributed by atoms with Crippen molar-refractivity contribution < 1.29 is 148 Å². The number of nitrogens with zero attached hydrogens (tertiary/aromatic N) is 3. The maximum absolute atomic E-state index is 13.8. The van der Waals surface area contributed by atoms with Gasteiger partial charge in [-0.2, -0.15) is 25.3 Å². The molecule has 0 saturated carbocycles. The van der Waals surface area contributed by atoms with Crippen LogP contribution in [0.1, 0.15) is 150 Å². The number of amides is 23. The Labute approximate surface area is 859 Å². The van der Waals surface area contributed by atoms with Crippen LogP contribution in [0.25, 0.3) is 0 Å². The molecule has 0 aromatic rings. The van der Waals surface area contributed by atoms with Crippen LogP contribution in [-0.4, -0.2) is 415 Å². The van der Waals surface area contributed by atoms with Gasteiger partial charge in [0.15, 0.2) is 0 Å². The van der Waals surface area contributed by atoms with Crippen molar-refractivity contribution in [2.45, 2.75) is 214 Å². The van der Waals surface area contributed by atoms with E-state index in [9.17, 15) is 110 Å². The first-order valence-corrected chi connectivity index (χ1v) is 52.4. The summed E-state index contributed by atoms with van der Waals surface area (Å²) in [6, 6.07) is -9.29. The third kappa shape index (κ3) is 52.8. The fourth-order valence-corrected chi connectivity index (χ4v) is 18.0. The molecule has 144 heavy (non-hydrogen) atoms. The molecular formula is C88H144N20O31S5. The van der Waals surface area contributed by atoms with Gasteiger partial charge in [-0.3, -0.25) is 125 Å². The predicted molar refractivity (Wildman–Crippen MR) is 528 cm³/mol. The second-order valence-electron chi connectivity index (χ2n) is 33.1. The monoisotopic (exact) mass is 2140 g/mol. The minimum atomic E-state index is -1.31. The normalized spacial score (nSPS) is 24.3. The quantitative estimate of drug-likeness (QED) is 0.0306. The molecule has 812 valence electrons. The lowest BCUT2D eigenvalue weighted by Gasteiger charge is -2.22. The molecule has 0 aliphatic carbocycles. The highest BCUT2D eigenvalue weighted by Gasteiger charge is 2.43. The van der Waals surface area contributed by atoms with Gasteiger partial charge >= 0.3 is 0 Å². The zero-order valence-corrected chi connectivity index (χ0v) is 86.2. The Morgan fingerprint density at radius 1 is 0.424 bits per heavy atom. The van der Waals surface area contributed by atoms with E-state index >= 15 is 0 Å². The van der Waals surface area contributed by atoms with Crippen molar-refractivity contribution in [3.63, 3.8) is 0 Å². The summed E-state index contributed by atoms with van der Waals surface area (Å²) >= 11 is 11.3. The molecule has 4 aliphatic rings. The summed E-state index contributed by atoms with van der Waals surface area (Å²) in [4.78, 5) is 301. The second-order valence-corrected chi connectivity index (χ2v) is 37.5. The maximum Gasteiger partial charge on any atom is 0.243 e. The van der Waals surface area contributed by atoms with Gasteiger partial charge in [0.05, 0.1) is 121 Å². The van der Waals surface area contributed by atoms with Gasteiger partial charge in [-0.1, -0.05) is 6.92 Å². The van der Waals surface area contributed by atoms with Crippen LogP contribution < -0.4 is 91.2 Å². The van der Waals surface area contributed by atoms with Crippen molar-refractivity contribution in [3.05, 3.63) is 0 Å². The number of hydrogen-bond acceptors (Lipinski definition) is 36. The number of carbonyl (C=O) groups is 23. The number of fused-ring (bicyclic) bond motifs is 4. The molecule has 4 saturated heterocycles. The van der Waals surface area contributed by atoms with Crippen LogP contribution in [0.3, 0.4) is 0 Å². The number of imide groups is 3. The number of nitrogens with two attached hydrogens (primary N) is 2. The number of hydrogen-bond donors (Lipinski definition) is 19. The molecule has 56 heteroatoms. The Bertz CT molecular complexity index is 4220. The number of unbranched alkanes of at least 4 members (excludes halogenated alkanes) is 1. The van der Waals surface area contributed by atoms with Gasteiger partial charge in [-0.05, 0) is 64.7 Å². The summed E-state index contributed by atoms with van der Waals surface area (Å²) in [5.74, 6) is -14.1. The highest BCUT2D eigenvalue weighted by Crippen LogP contribution is 2.29. The fourth-order valence-electron chi connectivity index (χ4n) is 13.9. The van der Waals surface area contributed by atoms with Crippen LogP contribution in [0, 0.1) is 0 Å². The molecule has 11 atom stereocenters. The number of thioether (sulfide) groups is 3. The van der Waals surface area contributed by atoms with Crippen molar-refractivity contribution >= 4 is 196 Å². The molecule has 0 aromatic carbocycles. The van der Waals surface area contributed by atoms with E-state index in [1.54, 1.807) is 13.8 Å². The van der Waals surface area contributed by atoms with Crippen LogP contribution in [-0.2, 0) is 148 Å². The van der Waals surface area contributed by atoms with Crippen LogP contribution in [0.5, 0.6) is 0 Å². The predicted octanol–water partition coefficient (Wildman–Crippen LogP) is -7.44. The number of thiol groups is 2. The summed E-state index contributed by atoms with van der Waals surface area (Å²) < 4.78 is 44.5. The molecule has 11 unspecified atom stereocenters. The first kappa shape index (κ1) is 126. The van der Waals surface area contributed by atoms with E-state index in [4.69, 9.17) is 49.4 Å². The Morgan fingerprint density at radius 2 is 0.792 bits per heavy atom. The summed E-state index contributed by atoms with van der Waals surface area (Å²) in [6.45, 7) is 6.05. The number of likely N-dealkylation sites (tertiary alicyclic amines) is 1. The van der Waals surface area contributed by atoms with Gasteiger partial charge in [0.25, 0.3) is 0 Å². The SMILES string of the molecule is CCC(=O)NCCCCC(NC(=O)C1CCCCNC(=O)CCOCCOCCNC(=O)C(CS)NC(=O)CCN2C(=O)CC(SCC(NC(C)=O)C(=O)NCCOCCOCCC(=O)NC(C(=O)NC(CSC3CC(=O)N(CC)C3=O)C(N)=O)CCCCNC(=O)CCOCCOCCNC(=O)C(NC(C)=O)CSC3CC(=O)N(CCC(=O)NC(CS)C(=O)NCCOCCOCCC(=O)N1)C3=O)C2=O)C(N)=O. The van der Waals surface area contributed by atoms with Gasteiger partial charge in [-0.15, -0.1) is 35.3 Å². The standard InChI is InChI=1S/C88H144N20O31S5/c1-5-68(111)91-22-10-7-13-57(78(89)121)104-84(127)58-14-8-11-23-92-69(112)18-31-132-39-43-136-35-25-94-80(123)60(50-140)102-71(114)16-29-107-77(120)49-67(88(107)131)144-54-64(99-56(4)110)83(126)97-28-38-139-46-42-135-34-21-74(117)101-59(85(128)105-62(79(90)122)52-142-65-47-75(118)106(6-2)86(65)129)15-9-12-24-93-70(113)19-32-133-40-44-138-37-27-96-82(125)63(98-55(3)109)53-143-66-48-76(119)108(87(66)130)30-17-72(115)103-61(51-141)81(124)95-26-36-137-45-41-134-33-20-73(116)100-58/h57-67,140-141H,5-54H2,1-4H3,(H2,89,121)(H2,90,122)(H,91,111)(H,92,112)(H,93,113)(H,94,123)(H,95,124)(H,96,125)(H,97,126)(H,98,109)(H,99,110)(H,100,116)(H,101,117)(H,102,114)(H,103,115)(H,104,127)(H,105,128). The van der Waals surface area contributed by atoms with Crippen molar-refractivity contribution in [2.24, 2.45) is 11.5 Å².